The minimum atomic E-state index is 0.740. The van der Waals surface area contributed by atoms with Gasteiger partial charge in [0.25, 0.3) is 0 Å². The first-order valence-corrected chi connectivity index (χ1v) is 6.12. The van der Waals surface area contributed by atoms with Crippen molar-refractivity contribution in [1.82, 2.24) is 10.3 Å². The van der Waals surface area contributed by atoms with Gasteiger partial charge in [-0.3, -0.25) is 4.98 Å². The number of nitrogens with one attached hydrogen (secondary N) is 2. The number of rotatable bonds is 5. The van der Waals surface area contributed by atoms with Gasteiger partial charge in [-0.25, -0.2) is 0 Å². The van der Waals surface area contributed by atoms with Crippen LogP contribution in [0.15, 0.2) is 30.5 Å². The van der Waals surface area contributed by atoms with Gasteiger partial charge in [-0.2, -0.15) is 0 Å². The molecule has 0 bridgehead atoms. The summed E-state index contributed by atoms with van der Waals surface area (Å²) in [6.07, 6.45) is 2.90. The molecule has 0 amide bonds. The molecular weight excluding hydrogens is 234 g/mol. The molecule has 0 saturated heterocycles. The summed E-state index contributed by atoms with van der Waals surface area (Å²) in [7, 11) is 1.96. The van der Waals surface area contributed by atoms with E-state index in [1.807, 2.05) is 37.5 Å². The van der Waals surface area contributed by atoms with Crippen LogP contribution >= 0.6 is 11.6 Å². The Labute approximate surface area is 106 Å². The fourth-order valence-electron chi connectivity index (χ4n) is 1.76. The van der Waals surface area contributed by atoms with Gasteiger partial charge in [0.2, 0.25) is 0 Å². The molecule has 1 aromatic heterocycles. The highest BCUT2D eigenvalue weighted by Gasteiger charge is 2.01. The van der Waals surface area contributed by atoms with E-state index in [2.05, 4.69) is 15.6 Å². The lowest BCUT2D eigenvalue weighted by Crippen LogP contribution is -2.13. The molecule has 0 radical (unpaired) electrons. The van der Waals surface area contributed by atoms with Crippen molar-refractivity contribution in [2.75, 3.05) is 25.5 Å². The smallest absolute Gasteiger partial charge is 0.0723 e. The van der Waals surface area contributed by atoms with Crippen LogP contribution in [0.25, 0.3) is 10.9 Å². The molecule has 3 nitrogen and oxygen atoms in total. The monoisotopic (exact) mass is 249 g/mol. The summed E-state index contributed by atoms with van der Waals surface area (Å²) in [6.45, 7) is 1.95. The Bertz CT molecular complexity index is 499. The molecule has 0 aliphatic rings. The number of halogens is 1. The third kappa shape index (κ3) is 3.08. The van der Waals surface area contributed by atoms with Crippen LogP contribution in [0.2, 0.25) is 5.02 Å². The van der Waals surface area contributed by atoms with E-state index in [1.54, 1.807) is 0 Å². The number of anilines is 1. The summed E-state index contributed by atoms with van der Waals surface area (Å²) < 4.78 is 0. The molecule has 0 aliphatic heterocycles. The van der Waals surface area contributed by atoms with E-state index >= 15 is 0 Å². The summed E-state index contributed by atoms with van der Waals surface area (Å²) in [5, 5.41) is 8.35. The second-order valence-electron chi connectivity index (χ2n) is 3.90. The molecule has 0 aliphatic carbocycles. The average molecular weight is 250 g/mol. The molecule has 0 unspecified atom stereocenters. The Kier molecular flexibility index (Phi) is 4.18. The largest absolute Gasteiger partial charge is 0.384 e. The van der Waals surface area contributed by atoms with E-state index in [0.717, 1.165) is 41.1 Å². The van der Waals surface area contributed by atoms with Gasteiger partial charge in [-0.15, -0.1) is 0 Å². The van der Waals surface area contributed by atoms with E-state index in [-0.39, 0.29) is 0 Å². The molecule has 17 heavy (non-hydrogen) atoms. The normalized spacial score (nSPS) is 10.7. The van der Waals surface area contributed by atoms with Crippen LogP contribution in [0.3, 0.4) is 0 Å². The highest BCUT2D eigenvalue weighted by molar-refractivity contribution is 6.31. The highest BCUT2D eigenvalue weighted by Crippen LogP contribution is 2.24. The number of pyridine rings is 1. The van der Waals surface area contributed by atoms with Crippen LogP contribution in [0.4, 0.5) is 5.69 Å². The molecule has 2 rings (SSSR count). The van der Waals surface area contributed by atoms with Gasteiger partial charge in [0.05, 0.1) is 5.52 Å². The van der Waals surface area contributed by atoms with Crippen molar-refractivity contribution in [1.29, 1.82) is 0 Å². The molecule has 1 aromatic carbocycles. The van der Waals surface area contributed by atoms with Crippen molar-refractivity contribution in [3.05, 3.63) is 35.5 Å². The fraction of sp³-hybridized carbons (Fsp3) is 0.308. The first-order valence-electron chi connectivity index (χ1n) is 5.74. The highest BCUT2D eigenvalue weighted by atomic mass is 35.5. The van der Waals surface area contributed by atoms with Gasteiger partial charge in [0, 0.05) is 28.8 Å². The van der Waals surface area contributed by atoms with Crippen LogP contribution in [0, 0.1) is 0 Å². The van der Waals surface area contributed by atoms with Crippen molar-refractivity contribution in [2.24, 2.45) is 0 Å². The molecule has 4 heteroatoms. The molecule has 0 atom stereocenters. The van der Waals surface area contributed by atoms with Crippen molar-refractivity contribution in [3.63, 3.8) is 0 Å². The third-order valence-corrected chi connectivity index (χ3v) is 2.86. The lowest BCUT2D eigenvalue weighted by atomic mass is 10.2. The zero-order valence-corrected chi connectivity index (χ0v) is 10.6. The van der Waals surface area contributed by atoms with Crippen LogP contribution in [0.5, 0.6) is 0 Å². The number of hydrogen-bond donors (Lipinski definition) is 2. The predicted molar refractivity (Wildman–Crippen MR) is 73.8 cm³/mol. The Hall–Kier alpha value is -1.32. The van der Waals surface area contributed by atoms with Crippen LogP contribution in [-0.4, -0.2) is 25.1 Å². The zero-order chi connectivity index (χ0) is 12.1. The average Bonchev–Trinajstić information content (AvgIpc) is 2.35. The van der Waals surface area contributed by atoms with Gasteiger partial charge >= 0.3 is 0 Å². The van der Waals surface area contributed by atoms with Crippen molar-refractivity contribution in [2.45, 2.75) is 6.42 Å². The van der Waals surface area contributed by atoms with Gasteiger partial charge in [-0.1, -0.05) is 11.6 Å². The summed E-state index contributed by atoms with van der Waals surface area (Å²) in [6, 6.07) is 7.74. The lowest BCUT2D eigenvalue weighted by Gasteiger charge is -2.09. The summed E-state index contributed by atoms with van der Waals surface area (Å²) in [5.41, 5.74) is 2.06. The minimum absolute atomic E-state index is 0.740. The maximum absolute atomic E-state index is 6.01. The number of fused-ring (bicyclic) bond motifs is 1. The molecule has 90 valence electrons. The molecule has 0 saturated carbocycles. The second-order valence-corrected chi connectivity index (χ2v) is 4.34. The van der Waals surface area contributed by atoms with E-state index < -0.39 is 0 Å². The minimum Gasteiger partial charge on any atom is -0.384 e. The predicted octanol–water partition coefficient (Wildman–Crippen LogP) is 2.91. The van der Waals surface area contributed by atoms with E-state index in [9.17, 15) is 0 Å². The third-order valence-electron chi connectivity index (χ3n) is 2.62. The molecule has 0 spiro atoms. The summed E-state index contributed by atoms with van der Waals surface area (Å²) in [5.74, 6) is 0. The SMILES string of the molecule is CNCCCNc1ccnc2ccc(Cl)cc12. The zero-order valence-electron chi connectivity index (χ0n) is 9.83. The number of benzene rings is 1. The van der Waals surface area contributed by atoms with E-state index in [4.69, 9.17) is 11.6 Å². The van der Waals surface area contributed by atoms with Crippen molar-refractivity contribution < 1.29 is 0 Å². The number of aromatic nitrogens is 1. The first kappa shape index (κ1) is 12.1. The topological polar surface area (TPSA) is 37.0 Å². The molecule has 1 heterocycles. The molecular formula is C13H16ClN3. The van der Waals surface area contributed by atoms with E-state index in [1.165, 1.54) is 0 Å². The van der Waals surface area contributed by atoms with Gasteiger partial charge < -0.3 is 10.6 Å². The van der Waals surface area contributed by atoms with Crippen LogP contribution < -0.4 is 10.6 Å². The van der Waals surface area contributed by atoms with Crippen molar-refractivity contribution in [3.8, 4) is 0 Å². The summed E-state index contributed by atoms with van der Waals surface area (Å²) >= 11 is 6.01. The lowest BCUT2D eigenvalue weighted by molar-refractivity contribution is 0.748. The first-order chi connectivity index (χ1) is 8.31. The van der Waals surface area contributed by atoms with Gasteiger partial charge in [-0.05, 0) is 44.3 Å². The molecule has 2 N–H and O–H groups in total. The number of nitrogens with zero attached hydrogens (tertiary/aromatic N) is 1. The maximum Gasteiger partial charge on any atom is 0.0723 e. The summed E-state index contributed by atoms with van der Waals surface area (Å²) in [4.78, 5) is 4.32. The fourth-order valence-corrected chi connectivity index (χ4v) is 1.93. The Morgan fingerprint density at radius 3 is 2.94 bits per heavy atom. The Morgan fingerprint density at radius 1 is 1.24 bits per heavy atom. The maximum atomic E-state index is 6.01. The van der Waals surface area contributed by atoms with E-state index in [0.29, 0.717) is 0 Å². The number of hydrogen-bond acceptors (Lipinski definition) is 3. The van der Waals surface area contributed by atoms with Crippen LogP contribution in [0.1, 0.15) is 6.42 Å². The standard InChI is InChI=1S/C13H16ClN3/c1-15-6-2-7-16-13-5-8-17-12-4-3-10(14)9-11(12)13/h3-5,8-9,15H,2,6-7H2,1H3,(H,16,17). The van der Waals surface area contributed by atoms with Gasteiger partial charge in [0.1, 0.15) is 0 Å². The molecule has 2 aromatic rings. The van der Waals surface area contributed by atoms with Crippen molar-refractivity contribution >= 4 is 28.2 Å². The second kappa shape index (κ2) is 5.84. The Balaban J connectivity index is 2.18. The van der Waals surface area contributed by atoms with Gasteiger partial charge in [0.15, 0.2) is 0 Å². The molecule has 0 fully saturated rings. The van der Waals surface area contributed by atoms with Crippen LogP contribution in [-0.2, 0) is 0 Å². The quantitative estimate of drug-likeness (QED) is 0.800. The Morgan fingerprint density at radius 2 is 2.12 bits per heavy atom.